The molecule has 0 bridgehead atoms. The van der Waals surface area contributed by atoms with Gasteiger partial charge in [0.05, 0.1) is 11.8 Å². The molecule has 1 atom stereocenters. The van der Waals surface area contributed by atoms with E-state index >= 15 is 0 Å². The van der Waals surface area contributed by atoms with E-state index in [1.165, 1.54) is 12.8 Å². The third-order valence-corrected chi connectivity index (χ3v) is 2.65. The van der Waals surface area contributed by atoms with Gasteiger partial charge in [-0.1, -0.05) is 32.3 Å². The number of hydrogen-bond donors (Lipinski definition) is 1. The van der Waals surface area contributed by atoms with Gasteiger partial charge in [-0.05, 0) is 31.4 Å². The number of aromatic nitrogens is 1. The summed E-state index contributed by atoms with van der Waals surface area (Å²) in [6.45, 7) is 6.20. The van der Waals surface area contributed by atoms with Gasteiger partial charge in [0.1, 0.15) is 0 Å². The molecule has 1 rings (SSSR count). The third-order valence-electron chi connectivity index (χ3n) is 2.65. The lowest BCUT2D eigenvalue weighted by Gasteiger charge is -2.12. The second kappa shape index (κ2) is 5.86. The molecule has 0 saturated heterocycles. The minimum Gasteiger partial charge on any atom is -0.387 e. The highest BCUT2D eigenvalue weighted by Gasteiger charge is 2.11. The molecule has 0 spiro atoms. The molecule has 1 N–H and O–H groups in total. The minimum atomic E-state index is -0.392. The monoisotopic (exact) mass is 207 g/mol. The second-order valence-electron chi connectivity index (χ2n) is 4.23. The molecule has 0 aliphatic heterocycles. The summed E-state index contributed by atoms with van der Waals surface area (Å²) in [5, 5.41) is 9.96. The van der Waals surface area contributed by atoms with Gasteiger partial charge in [-0.2, -0.15) is 0 Å². The molecule has 0 aliphatic carbocycles. The van der Waals surface area contributed by atoms with Crippen LogP contribution in [0, 0.1) is 13.8 Å². The fourth-order valence-corrected chi connectivity index (χ4v) is 1.80. The number of aliphatic hydroxyl groups is 1. The van der Waals surface area contributed by atoms with Crippen molar-refractivity contribution in [2.75, 3.05) is 0 Å². The van der Waals surface area contributed by atoms with E-state index in [-0.39, 0.29) is 0 Å². The van der Waals surface area contributed by atoms with Crippen LogP contribution in [-0.2, 0) is 0 Å². The highest BCUT2D eigenvalue weighted by molar-refractivity contribution is 5.24. The van der Waals surface area contributed by atoms with Crippen molar-refractivity contribution in [1.29, 1.82) is 0 Å². The van der Waals surface area contributed by atoms with Gasteiger partial charge in [0.2, 0.25) is 0 Å². The Morgan fingerprint density at radius 3 is 2.67 bits per heavy atom. The number of rotatable bonds is 5. The number of nitrogens with zero attached hydrogens (tertiary/aromatic N) is 1. The van der Waals surface area contributed by atoms with E-state index in [4.69, 9.17) is 0 Å². The standard InChI is InChI=1S/C13H21NO/c1-4-5-6-7-12(15)13-11(3)8-10(2)9-14-13/h8-9,12,15H,4-7H2,1-3H3. The Hall–Kier alpha value is -0.890. The normalized spacial score (nSPS) is 12.8. The largest absolute Gasteiger partial charge is 0.387 e. The maximum atomic E-state index is 9.96. The highest BCUT2D eigenvalue weighted by Crippen LogP contribution is 2.21. The minimum absolute atomic E-state index is 0.392. The lowest BCUT2D eigenvalue weighted by Crippen LogP contribution is -2.03. The van der Waals surface area contributed by atoms with Crippen LogP contribution < -0.4 is 0 Å². The fourth-order valence-electron chi connectivity index (χ4n) is 1.80. The Morgan fingerprint density at radius 2 is 2.07 bits per heavy atom. The lowest BCUT2D eigenvalue weighted by atomic mass is 10.0. The first-order valence-electron chi connectivity index (χ1n) is 5.76. The maximum Gasteiger partial charge on any atom is 0.0962 e. The van der Waals surface area contributed by atoms with E-state index in [0.717, 1.165) is 29.7 Å². The molecule has 1 heterocycles. The second-order valence-corrected chi connectivity index (χ2v) is 4.23. The molecule has 2 heteroatoms. The molecular weight excluding hydrogens is 186 g/mol. The zero-order chi connectivity index (χ0) is 11.3. The molecule has 15 heavy (non-hydrogen) atoms. The average Bonchev–Trinajstić information content (AvgIpc) is 2.17. The van der Waals surface area contributed by atoms with Crippen LogP contribution in [0.1, 0.15) is 55.5 Å². The zero-order valence-corrected chi connectivity index (χ0v) is 9.95. The lowest BCUT2D eigenvalue weighted by molar-refractivity contribution is 0.158. The van der Waals surface area contributed by atoms with Crippen LogP contribution in [0.2, 0.25) is 0 Å². The molecule has 0 fully saturated rings. The first-order chi connectivity index (χ1) is 7.15. The maximum absolute atomic E-state index is 9.96. The summed E-state index contributed by atoms with van der Waals surface area (Å²) in [6.07, 6.45) is 5.70. The number of unbranched alkanes of at least 4 members (excludes halogenated alkanes) is 2. The van der Waals surface area contributed by atoms with E-state index in [1.54, 1.807) is 0 Å². The first-order valence-corrected chi connectivity index (χ1v) is 5.76. The van der Waals surface area contributed by atoms with Crippen LogP contribution in [0.3, 0.4) is 0 Å². The smallest absolute Gasteiger partial charge is 0.0962 e. The van der Waals surface area contributed by atoms with E-state index in [9.17, 15) is 5.11 Å². The van der Waals surface area contributed by atoms with E-state index < -0.39 is 6.10 Å². The van der Waals surface area contributed by atoms with Crippen LogP contribution in [0.15, 0.2) is 12.3 Å². The van der Waals surface area contributed by atoms with E-state index in [2.05, 4.69) is 18.0 Å². The van der Waals surface area contributed by atoms with E-state index in [0.29, 0.717) is 0 Å². The van der Waals surface area contributed by atoms with Crippen LogP contribution >= 0.6 is 0 Å². The highest BCUT2D eigenvalue weighted by atomic mass is 16.3. The van der Waals surface area contributed by atoms with Crippen molar-refractivity contribution in [2.45, 2.75) is 52.6 Å². The van der Waals surface area contributed by atoms with Gasteiger partial charge < -0.3 is 5.11 Å². The molecule has 84 valence electrons. The Bertz CT molecular complexity index is 309. The molecule has 1 aromatic rings. The van der Waals surface area contributed by atoms with Crippen molar-refractivity contribution in [3.05, 3.63) is 29.1 Å². The van der Waals surface area contributed by atoms with Crippen molar-refractivity contribution in [2.24, 2.45) is 0 Å². The van der Waals surface area contributed by atoms with Crippen molar-refractivity contribution >= 4 is 0 Å². The van der Waals surface area contributed by atoms with Gasteiger partial charge in [0.25, 0.3) is 0 Å². The molecule has 0 radical (unpaired) electrons. The Labute approximate surface area is 92.4 Å². The number of pyridine rings is 1. The third kappa shape index (κ3) is 3.63. The zero-order valence-electron chi connectivity index (χ0n) is 9.95. The number of aliphatic hydroxyl groups excluding tert-OH is 1. The van der Waals surface area contributed by atoms with Gasteiger partial charge in [-0.3, -0.25) is 4.98 Å². The molecule has 0 aromatic carbocycles. The Kier molecular flexibility index (Phi) is 4.76. The van der Waals surface area contributed by atoms with Crippen LogP contribution in [0.25, 0.3) is 0 Å². The Morgan fingerprint density at radius 1 is 1.33 bits per heavy atom. The summed E-state index contributed by atoms with van der Waals surface area (Å²) in [5.41, 5.74) is 3.09. The summed E-state index contributed by atoms with van der Waals surface area (Å²) in [7, 11) is 0. The SMILES string of the molecule is CCCCCC(O)c1ncc(C)cc1C. The molecule has 2 nitrogen and oxygen atoms in total. The predicted molar refractivity (Wildman–Crippen MR) is 62.8 cm³/mol. The summed E-state index contributed by atoms with van der Waals surface area (Å²) >= 11 is 0. The van der Waals surface area contributed by atoms with Crippen molar-refractivity contribution < 1.29 is 5.11 Å². The summed E-state index contributed by atoms with van der Waals surface area (Å²) < 4.78 is 0. The van der Waals surface area contributed by atoms with Crippen molar-refractivity contribution in [3.63, 3.8) is 0 Å². The van der Waals surface area contributed by atoms with Gasteiger partial charge in [-0.25, -0.2) is 0 Å². The average molecular weight is 207 g/mol. The van der Waals surface area contributed by atoms with Crippen molar-refractivity contribution in [1.82, 2.24) is 4.98 Å². The van der Waals surface area contributed by atoms with Crippen LogP contribution in [0.5, 0.6) is 0 Å². The molecule has 0 aliphatic rings. The van der Waals surface area contributed by atoms with Crippen LogP contribution in [-0.4, -0.2) is 10.1 Å². The summed E-state index contributed by atoms with van der Waals surface area (Å²) in [5.74, 6) is 0. The quantitative estimate of drug-likeness (QED) is 0.751. The number of aryl methyl sites for hydroxylation is 2. The molecule has 1 unspecified atom stereocenters. The van der Waals surface area contributed by atoms with Gasteiger partial charge >= 0.3 is 0 Å². The molecular formula is C13H21NO. The van der Waals surface area contributed by atoms with Gasteiger partial charge in [-0.15, -0.1) is 0 Å². The summed E-state index contributed by atoms with van der Waals surface area (Å²) in [4.78, 5) is 4.31. The topological polar surface area (TPSA) is 33.1 Å². The fraction of sp³-hybridized carbons (Fsp3) is 0.615. The van der Waals surface area contributed by atoms with Crippen molar-refractivity contribution in [3.8, 4) is 0 Å². The summed E-state index contributed by atoms with van der Waals surface area (Å²) in [6, 6.07) is 2.07. The van der Waals surface area contributed by atoms with Gasteiger partial charge in [0.15, 0.2) is 0 Å². The Balaban J connectivity index is 2.61. The molecule has 0 amide bonds. The predicted octanol–water partition coefficient (Wildman–Crippen LogP) is 3.31. The number of hydrogen-bond acceptors (Lipinski definition) is 2. The van der Waals surface area contributed by atoms with E-state index in [1.807, 2.05) is 20.0 Å². The van der Waals surface area contributed by atoms with Crippen LogP contribution in [0.4, 0.5) is 0 Å². The molecule has 0 saturated carbocycles. The van der Waals surface area contributed by atoms with Gasteiger partial charge in [0, 0.05) is 6.20 Å². The molecule has 1 aromatic heterocycles. The first kappa shape index (κ1) is 12.2.